The van der Waals surface area contributed by atoms with Gasteiger partial charge in [-0.15, -0.1) is 0 Å². The van der Waals surface area contributed by atoms with Crippen LogP contribution in [0.3, 0.4) is 0 Å². The molecule has 8 nitrogen and oxygen atoms in total. The Morgan fingerprint density at radius 1 is 1.23 bits per heavy atom. The summed E-state index contributed by atoms with van der Waals surface area (Å²) in [5.41, 5.74) is -0.770. The Kier molecular flexibility index (Phi) is 4.41. The first-order valence-corrected chi connectivity index (χ1v) is 7.54. The van der Waals surface area contributed by atoms with Crippen molar-refractivity contribution in [2.45, 2.75) is 19.6 Å². The van der Waals surface area contributed by atoms with Gasteiger partial charge in [0.1, 0.15) is 5.75 Å². The van der Waals surface area contributed by atoms with E-state index in [-0.39, 0.29) is 28.3 Å². The molecule has 2 aromatic heterocycles. The van der Waals surface area contributed by atoms with E-state index in [4.69, 9.17) is 0 Å². The number of carbonyl (C=O) groups excluding carboxylic acids is 1. The van der Waals surface area contributed by atoms with Crippen molar-refractivity contribution in [1.29, 1.82) is 0 Å². The van der Waals surface area contributed by atoms with E-state index in [2.05, 4.69) is 14.7 Å². The van der Waals surface area contributed by atoms with Crippen LogP contribution in [0.1, 0.15) is 23.3 Å². The minimum absolute atomic E-state index is 0.0347. The number of hydrogen-bond acceptors (Lipinski definition) is 5. The molecule has 10 heteroatoms. The molecule has 0 spiro atoms. The molecule has 0 fully saturated rings. The molecule has 2 heterocycles. The van der Waals surface area contributed by atoms with E-state index in [1.807, 2.05) is 0 Å². The lowest BCUT2D eigenvalue weighted by molar-refractivity contribution is -0.0498. The van der Waals surface area contributed by atoms with Crippen LogP contribution >= 0.6 is 0 Å². The number of carbonyl (C=O) groups is 1. The van der Waals surface area contributed by atoms with E-state index in [0.717, 1.165) is 0 Å². The number of H-pyrrole nitrogens is 1. The molecule has 0 aliphatic rings. The van der Waals surface area contributed by atoms with Gasteiger partial charge in [-0.3, -0.25) is 19.1 Å². The van der Waals surface area contributed by atoms with Crippen LogP contribution in [-0.4, -0.2) is 31.5 Å². The van der Waals surface area contributed by atoms with Crippen LogP contribution in [-0.2, 0) is 7.05 Å². The number of aromatic nitrogens is 4. The number of alkyl halides is 2. The van der Waals surface area contributed by atoms with Gasteiger partial charge < -0.3 is 9.30 Å². The summed E-state index contributed by atoms with van der Waals surface area (Å²) in [5.74, 6) is -0.410. The minimum atomic E-state index is -2.95. The number of ketones is 1. The van der Waals surface area contributed by atoms with Crippen molar-refractivity contribution in [1.82, 2.24) is 19.1 Å². The van der Waals surface area contributed by atoms with Crippen molar-refractivity contribution in [2.24, 2.45) is 7.05 Å². The molecule has 1 atom stereocenters. The number of ether oxygens (including phenoxy) is 1. The summed E-state index contributed by atoms with van der Waals surface area (Å²) in [4.78, 5) is 42.4. The average molecular weight is 364 g/mol. The van der Waals surface area contributed by atoms with Gasteiger partial charge in [-0.1, -0.05) is 0 Å². The van der Waals surface area contributed by atoms with Crippen molar-refractivity contribution in [3.8, 4) is 5.75 Å². The maximum Gasteiger partial charge on any atom is 0.387 e. The second-order valence-electron chi connectivity index (χ2n) is 5.59. The van der Waals surface area contributed by atoms with E-state index >= 15 is 0 Å². The lowest BCUT2D eigenvalue weighted by Crippen LogP contribution is -2.30. The third-order valence-electron chi connectivity index (χ3n) is 3.99. The van der Waals surface area contributed by atoms with Gasteiger partial charge in [0.25, 0.3) is 5.56 Å². The highest BCUT2D eigenvalue weighted by atomic mass is 19.3. The third kappa shape index (κ3) is 3.01. The lowest BCUT2D eigenvalue weighted by atomic mass is 10.1. The number of nitrogens with one attached hydrogen (secondary N) is 1. The van der Waals surface area contributed by atoms with Crippen LogP contribution in [0, 0.1) is 0 Å². The van der Waals surface area contributed by atoms with Gasteiger partial charge in [-0.25, -0.2) is 9.78 Å². The SMILES string of the molecule is C[C@@H](C(=O)c1ccc(OC(F)F)cc1)n1cnc2c(=O)[nH]c(=O)n(C)c21. The van der Waals surface area contributed by atoms with Gasteiger partial charge in [0.2, 0.25) is 0 Å². The van der Waals surface area contributed by atoms with E-state index in [1.54, 1.807) is 6.92 Å². The van der Waals surface area contributed by atoms with Crippen LogP contribution in [0.25, 0.3) is 11.2 Å². The van der Waals surface area contributed by atoms with Gasteiger partial charge in [0.05, 0.1) is 12.4 Å². The molecule has 136 valence electrons. The lowest BCUT2D eigenvalue weighted by Gasteiger charge is -2.15. The molecule has 0 aliphatic heterocycles. The van der Waals surface area contributed by atoms with Crippen LogP contribution < -0.4 is 16.0 Å². The summed E-state index contributed by atoms with van der Waals surface area (Å²) in [6, 6.07) is 4.47. The van der Waals surface area contributed by atoms with Crippen molar-refractivity contribution in [3.63, 3.8) is 0 Å². The number of fused-ring (bicyclic) bond motifs is 1. The number of aryl methyl sites for hydroxylation is 1. The first kappa shape index (κ1) is 17.5. The summed E-state index contributed by atoms with van der Waals surface area (Å²) in [7, 11) is 1.45. The number of rotatable bonds is 5. The number of benzene rings is 1. The monoisotopic (exact) mass is 364 g/mol. The van der Waals surface area contributed by atoms with Crippen LogP contribution in [0.15, 0.2) is 40.2 Å². The summed E-state index contributed by atoms with van der Waals surface area (Å²) in [5, 5.41) is 0. The van der Waals surface area contributed by atoms with Gasteiger partial charge in [0, 0.05) is 12.6 Å². The zero-order valence-corrected chi connectivity index (χ0v) is 13.8. The Balaban J connectivity index is 1.98. The molecule has 0 saturated carbocycles. The van der Waals surface area contributed by atoms with Gasteiger partial charge >= 0.3 is 12.3 Å². The Hall–Kier alpha value is -3.30. The second kappa shape index (κ2) is 6.54. The Morgan fingerprint density at radius 3 is 2.50 bits per heavy atom. The smallest absolute Gasteiger partial charge is 0.387 e. The highest BCUT2D eigenvalue weighted by molar-refractivity contribution is 5.99. The summed E-state index contributed by atoms with van der Waals surface area (Å²) >= 11 is 0. The molecule has 3 rings (SSSR count). The molecular weight excluding hydrogens is 350 g/mol. The van der Waals surface area contributed by atoms with E-state index in [9.17, 15) is 23.2 Å². The van der Waals surface area contributed by atoms with Crippen molar-refractivity contribution in [2.75, 3.05) is 0 Å². The fourth-order valence-corrected chi connectivity index (χ4v) is 2.63. The fraction of sp³-hybridized carbons (Fsp3) is 0.250. The molecule has 1 aromatic carbocycles. The zero-order chi connectivity index (χ0) is 19.0. The van der Waals surface area contributed by atoms with E-state index in [0.29, 0.717) is 0 Å². The molecule has 26 heavy (non-hydrogen) atoms. The number of nitrogens with zero attached hydrogens (tertiary/aromatic N) is 3. The highest BCUT2D eigenvalue weighted by Crippen LogP contribution is 2.21. The molecule has 0 radical (unpaired) electrons. The second-order valence-corrected chi connectivity index (χ2v) is 5.59. The molecule has 0 bridgehead atoms. The molecule has 0 unspecified atom stereocenters. The molecule has 1 N–H and O–H groups in total. The predicted molar refractivity (Wildman–Crippen MR) is 87.7 cm³/mol. The zero-order valence-electron chi connectivity index (χ0n) is 13.8. The van der Waals surface area contributed by atoms with Gasteiger partial charge in [-0.05, 0) is 31.2 Å². The number of aromatic amines is 1. The fourth-order valence-electron chi connectivity index (χ4n) is 2.63. The van der Waals surface area contributed by atoms with E-state index < -0.39 is 23.9 Å². The Bertz CT molecular complexity index is 1080. The quantitative estimate of drug-likeness (QED) is 0.691. The summed E-state index contributed by atoms with van der Waals surface area (Å²) < 4.78 is 31.2. The molecule has 0 saturated heterocycles. The van der Waals surface area contributed by atoms with Crippen LogP contribution in [0.2, 0.25) is 0 Å². The first-order valence-electron chi connectivity index (χ1n) is 7.54. The molecule has 0 aliphatic carbocycles. The van der Waals surface area contributed by atoms with Gasteiger partial charge in [-0.2, -0.15) is 8.78 Å². The molecular formula is C16H14F2N4O4. The summed E-state index contributed by atoms with van der Waals surface area (Å²) in [6.45, 7) is -1.37. The number of imidazole rings is 1. The van der Waals surface area contributed by atoms with Crippen molar-refractivity contribution >= 4 is 16.9 Å². The Labute approximate surface area is 144 Å². The number of halogens is 2. The standard InChI is InChI=1S/C16H14F2N4O4/c1-8(12(23)9-3-5-10(6-4-9)26-15(17)18)22-7-19-11-13(24)20-16(25)21(2)14(11)22/h3-8,15H,1-2H3,(H,20,24,25)/t8-/m0/s1. The predicted octanol–water partition coefficient (Wildman–Crippen LogP) is 1.47. The molecule has 3 aromatic rings. The van der Waals surface area contributed by atoms with Crippen LogP contribution in [0.4, 0.5) is 8.78 Å². The van der Waals surface area contributed by atoms with Crippen molar-refractivity contribution < 1.29 is 18.3 Å². The van der Waals surface area contributed by atoms with Crippen LogP contribution in [0.5, 0.6) is 5.75 Å². The maximum absolute atomic E-state index is 12.7. The van der Waals surface area contributed by atoms with Gasteiger partial charge in [0.15, 0.2) is 16.9 Å². The summed E-state index contributed by atoms with van der Waals surface area (Å²) in [6.07, 6.45) is 1.30. The molecule has 0 amide bonds. The minimum Gasteiger partial charge on any atom is -0.435 e. The number of hydrogen-bond donors (Lipinski definition) is 1. The normalized spacial score (nSPS) is 12.5. The maximum atomic E-state index is 12.7. The number of Topliss-reactive ketones (excluding diaryl/α,β-unsaturated/α-hetero) is 1. The third-order valence-corrected chi connectivity index (χ3v) is 3.99. The topological polar surface area (TPSA) is 99.0 Å². The highest BCUT2D eigenvalue weighted by Gasteiger charge is 2.22. The van der Waals surface area contributed by atoms with E-state index in [1.165, 1.54) is 46.8 Å². The average Bonchev–Trinajstić information content (AvgIpc) is 3.04. The van der Waals surface area contributed by atoms with Crippen molar-refractivity contribution in [3.05, 3.63) is 57.0 Å². The largest absolute Gasteiger partial charge is 0.435 e. The Morgan fingerprint density at radius 2 is 1.88 bits per heavy atom. The first-order chi connectivity index (χ1) is 12.3.